The standard InChI is InChI=1S/C52H35N/c1-3-14-36(15-4-1)38-20-11-23-44(30-38)53(45-24-12-21-39(31-45)37-16-5-2-6-17-37)46-25-13-22-40(32-46)43-28-29-49-50(35-43)47-26-9-10-27-48(47)51-33-41-18-7-8-19-42(41)34-52(49)51/h1-35H. The molecule has 0 saturated carbocycles. The Kier molecular flexibility index (Phi) is 7.55. The lowest BCUT2D eigenvalue weighted by atomic mass is 9.90. The number of nitrogens with zero attached hydrogens (tertiary/aromatic N) is 1. The molecule has 0 unspecified atom stereocenters. The van der Waals surface area contributed by atoms with Crippen LogP contribution in [0.3, 0.4) is 0 Å². The van der Waals surface area contributed by atoms with E-state index in [1.165, 1.54) is 76.5 Å². The molecular weight excluding hydrogens is 639 g/mol. The summed E-state index contributed by atoms with van der Waals surface area (Å²) in [5.74, 6) is 0. The van der Waals surface area contributed by atoms with E-state index in [-0.39, 0.29) is 0 Å². The van der Waals surface area contributed by atoms with Crippen LogP contribution in [0.1, 0.15) is 0 Å². The number of fused-ring (bicyclic) bond motifs is 7. The predicted molar refractivity (Wildman–Crippen MR) is 227 cm³/mol. The second kappa shape index (κ2) is 13.0. The lowest BCUT2D eigenvalue weighted by Crippen LogP contribution is -2.10. The number of hydrogen-bond acceptors (Lipinski definition) is 1. The fraction of sp³-hybridized carbons (Fsp3) is 0. The molecule has 0 fully saturated rings. The molecule has 0 bridgehead atoms. The monoisotopic (exact) mass is 673 g/mol. The van der Waals surface area contributed by atoms with Gasteiger partial charge in [-0.25, -0.2) is 0 Å². The van der Waals surface area contributed by atoms with Crippen molar-refractivity contribution in [3.63, 3.8) is 0 Å². The van der Waals surface area contributed by atoms with E-state index in [9.17, 15) is 0 Å². The number of anilines is 3. The van der Waals surface area contributed by atoms with Gasteiger partial charge in [0, 0.05) is 17.1 Å². The Morgan fingerprint density at radius 3 is 1.06 bits per heavy atom. The first-order chi connectivity index (χ1) is 26.3. The average molecular weight is 674 g/mol. The minimum Gasteiger partial charge on any atom is -0.310 e. The quantitative estimate of drug-likeness (QED) is 0.125. The fourth-order valence-electron chi connectivity index (χ4n) is 8.00. The second-order valence-electron chi connectivity index (χ2n) is 13.8. The molecule has 248 valence electrons. The Labute approximate surface area is 309 Å². The van der Waals surface area contributed by atoms with E-state index in [1.807, 2.05) is 0 Å². The third kappa shape index (κ3) is 5.60. The first-order valence-electron chi connectivity index (χ1n) is 18.3. The molecule has 1 nitrogen and oxygen atoms in total. The van der Waals surface area contributed by atoms with Crippen LogP contribution in [-0.4, -0.2) is 0 Å². The maximum atomic E-state index is 2.39. The molecule has 1 heteroatoms. The van der Waals surface area contributed by atoms with Gasteiger partial charge in [0.15, 0.2) is 0 Å². The van der Waals surface area contributed by atoms with Crippen LogP contribution in [0.5, 0.6) is 0 Å². The summed E-state index contributed by atoms with van der Waals surface area (Å²) in [5.41, 5.74) is 10.5. The maximum Gasteiger partial charge on any atom is 0.0467 e. The van der Waals surface area contributed by atoms with Crippen molar-refractivity contribution in [2.45, 2.75) is 0 Å². The van der Waals surface area contributed by atoms with Crippen LogP contribution >= 0.6 is 0 Å². The Bertz CT molecular complexity index is 2860. The van der Waals surface area contributed by atoms with Crippen molar-refractivity contribution >= 4 is 60.2 Å². The summed E-state index contributed by atoms with van der Waals surface area (Å²) < 4.78 is 0. The van der Waals surface area contributed by atoms with Crippen molar-refractivity contribution < 1.29 is 0 Å². The summed E-state index contributed by atoms with van der Waals surface area (Å²) in [7, 11) is 0. The zero-order valence-corrected chi connectivity index (χ0v) is 29.2. The highest BCUT2D eigenvalue weighted by atomic mass is 15.1. The first-order valence-corrected chi connectivity index (χ1v) is 18.3. The summed E-state index contributed by atoms with van der Waals surface area (Å²) in [6, 6.07) is 77.2. The van der Waals surface area contributed by atoms with Gasteiger partial charge in [0.1, 0.15) is 0 Å². The van der Waals surface area contributed by atoms with Gasteiger partial charge in [0.2, 0.25) is 0 Å². The van der Waals surface area contributed by atoms with Gasteiger partial charge in [-0.2, -0.15) is 0 Å². The molecule has 0 aliphatic carbocycles. The van der Waals surface area contributed by atoms with Gasteiger partial charge in [-0.3, -0.25) is 0 Å². The van der Waals surface area contributed by atoms with Crippen molar-refractivity contribution in [3.05, 3.63) is 212 Å². The molecule has 0 aromatic heterocycles. The van der Waals surface area contributed by atoms with E-state index in [0.29, 0.717) is 0 Å². The third-order valence-corrected chi connectivity index (χ3v) is 10.6. The van der Waals surface area contributed by atoms with E-state index < -0.39 is 0 Å². The van der Waals surface area contributed by atoms with E-state index in [2.05, 4.69) is 217 Å². The highest BCUT2D eigenvalue weighted by molar-refractivity contribution is 6.27. The van der Waals surface area contributed by atoms with Gasteiger partial charge in [-0.15, -0.1) is 0 Å². The third-order valence-electron chi connectivity index (χ3n) is 10.6. The summed E-state index contributed by atoms with van der Waals surface area (Å²) >= 11 is 0. The highest BCUT2D eigenvalue weighted by Gasteiger charge is 2.17. The molecule has 0 amide bonds. The smallest absolute Gasteiger partial charge is 0.0467 e. The van der Waals surface area contributed by atoms with Crippen molar-refractivity contribution in [1.82, 2.24) is 0 Å². The van der Waals surface area contributed by atoms with Crippen LogP contribution in [0.4, 0.5) is 17.1 Å². The Hall–Kier alpha value is -6.96. The number of benzene rings is 10. The summed E-state index contributed by atoms with van der Waals surface area (Å²) in [5, 5.41) is 10.2. The van der Waals surface area contributed by atoms with E-state index in [1.54, 1.807) is 0 Å². The molecule has 0 aliphatic rings. The largest absolute Gasteiger partial charge is 0.310 e. The molecule has 0 saturated heterocycles. The molecular formula is C52H35N. The topological polar surface area (TPSA) is 3.24 Å². The van der Waals surface area contributed by atoms with Gasteiger partial charge < -0.3 is 4.90 Å². The summed E-state index contributed by atoms with van der Waals surface area (Å²) in [4.78, 5) is 2.39. The molecule has 0 spiro atoms. The van der Waals surface area contributed by atoms with Crippen LogP contribution < -0.4 is 4.90 Å². The van der Waals surface area contributed by atoms with E-state index in [4.69, 9.17) is 0 Å². The van der Waals surface area contributed by atoms with Crippen LogP contribution in [0, 0.1) is 0 Å². The fourth-order valence-corrected chi connectivity index (χ4v) is 8.00. The molecule has 10 aromatic carbocycles. The van der Waals surface area contributed by atoms with Gasteiger partial charge in [-0.05, 0) is 131 Å². The van der Waals surface area contributed by atoms with Crippen molar-refractivity contribution in [3.8, 4) is 33.4 Å². The number of rotatable bonds is 6. The lowest BCUT2D eigenvalue weighted by Gasteiger charge is -2.27. The normalized spacial score (nSPS) is 11.4. The SMILES string of the molecule is c1ccc(-c2cccc(N(c3cccc(-c4ccccc4)c3)c3cccc(-c4ccc5c(c4)c4ccccc4c4cc6ccccc6cc54)c3)c2)cc1. The second-order valence-corrected chi connectivity index (χ2v) is 13.8. The average Bonchev–Trinajstić information content (AvgIpc) is 3.24. The predicted octanol–water partition coefficient (Wildman–Crippen LogP) is 14.8. The molecule has 0 radical (unpaired) electrons. The molecule has 0 N–H and O–H groups in total. The minimum atomic E-state index is 1.10. The molecule has 0 atom stereocenters. The van der Waals surface area contributed by atoms with Crippen molar-refractivity contribution in [1.29, 1.82) is 0 Å². The lowest BCUT2D eigenvalue weighted by molar-refractivity contribution is 1.28. The van der Waals surface area contributed by atoms with Gasteiger partial charge in [0.05, 0.1) is 0 Å². The van der Waals surface area contributed by atoms with Gasteiger partial charge in [0.25, 0.3) is 0 Å². The van der Waals surface area contributed by atoms with Crippen molar-refractivity contribution in [2.24, 2.45) is 0 Å². The first kappa shape index (κ1) is 30.8. The zero-order valence-electron chi connectivity index (χ0n) is 29.2. The van der Waals surface area contributed by atoms with Crippen molar-refractivity contribution in [2.75, 3.05) is 4.90 Å². The Morgan fingerprint density at radius 2 is 0.566 bits per heavy atom. The molecule has 0 heterocycles. The van der Waals surface area contributed by atoms with Gasteiger partial charge in [-0.1, -0.05) is 158 Å². The van der Waals surface area contributed by atoms with Gasteiger partial charge >= 0.3 is 0 Å². The maximum absolute atomic E-state index is 2.39. The minimum absolute atomic E-state index is 1.10. The Balaban J connectivity index is 1.14. The van der Waals surface area contributed by atoms with Crippen LogP contribution in [-0.2, 0) is 0 Å². The molecule has 0 aliphatic heterocycles. The van der Waals surface area contributed by atoms with Crippen LogP contribution in [0.2, 0.25) is 0 Å². The Morgan fingerprint density at radius 1 is 0.208 bits per heavy atom. The summed E-state index contributed by atoms with van der Waals surface area (Å²) in [6.45, 7) is 0. The molecule has 10 rings (SSSR count). The zero-order chi connectivity index (χ0) is 35.1. The summed E-state index contributed by atoms with van der Waals surface area (Å²) in [6.07, 6.45) is 0. The van der Waals surface area contributed by atoms with E-state index in [0.717, 1.165) is 17.1 Å². The van der Waals surface area contributed by atoms with E-state index >= 15 is 0 Å². The molecule has 53 heavy (non-hydrogen) atoms. The van der Waals surface area contributed by atoms with Crippen LogP contribution in [0.15, 0.2) is 212 Å². The molecule has 10 aromatic rings. The van der Waals surface area contributed by atoms with Crippen LogP contribution in [0.25, 0.3) is 76.5 Å². The number of hydrogen-bond donors (Lipinski definition) is 0. The highest BCUT2D eigenvalue weighted by Crippen LogP contribution is 2.42.